The highest BCUT2D eigenvalue weighted by molar-refractivity contribution is 5.76. The van der Waals surface area contributed by atoms with Gasteiger partial charge in [-0.3, -0.25) is 28.8 Å². The lowest BCUT2D eigenvalue weighted by atomic mass is 9.91. The van der Waals surface area contributed by atoms with Crippen LogP contribution in [-0.4, -0.2) is 113 Å². The minimum Gasteiger partial charge on any atom is -0.438 e. The quantitative estimate of drug-likeness (QED) is 0.0283. The van der Waals surface area contributed by atoms with E-state index in [0.29, 0.717) is 30.5 Å². The molecule has 0 radical (unpaired) electrons. The SMILES string of the molecule is C.C.C.C.C.C.C.C.C.C.C.C.CCC(C)(C)C(=O)OCOC1CCCC1.CCC(C)(C)C(=O)OCOC1CCCCC1.CCC(C)(C)C(=O)OCOC1CCCCCC1.CCC(C)C(=O)OCOC1CCCC1.CCC(C)C(=O)OCOC1CCCCC1.CCC(C)C(=O)OCOC1CCCCCC1. The lowest BCUT2D eigenvalue weighted by Crippen LogP contribution is -2.28. The van der Waals surface area contributed by atoms with E-state index < -0.39 is 10.8 Å². The largest absolute Gasteiger partial charge is 0.438 e. The maximum atomic E-state index is 11.7. The van der Waals surface area contributed by atoms with Crippen LogP contribution in [-0.2, 0) is 85.6 Å². The molecule has 0 bridgehead atoms. The maximum Gasteiger partial charge on any atom is 0.313 e. The number of hydrogen-bond acceptors (Lipinski definition) is 18. The van der Waals surface area contributed by atoms with Crippen LogP contribution in [0.1, 0.15) is 424 Å². The van der Waals surface area contributed by atoms with Crippen molar-refractivity contribution in [3.8, 4) is 0 Å². The number of hydrogen-bond donors (Lipinski definition) is 0. The molecule has 0 aromatic heterocycles. The number of rotatable bonds is 30. The Hall–Kier alpha value is -3.42. The fraction of sp³-hybridized carbons (Fsp3) is 0.931. The van der Waals surface area contributed by atoms with Gasteiger partial charge in [-0.1, -0.05) is 267 Å². The molecule has 0 N–H and O–H groups in total. The zero-order valence-corrected chi connectivity index (χ0v) is 61.7. The van der Waals surface area contributed by atoms with Crippen LogP contribution in [0, 0.1) is 34.0 Å². The van der Waals surface area contributed by atoms with Crippen molar-refractivity contribution < 1.29 is 85.6 Å². The molecule has 3 unspecified atom stereocenters. The second-order valence-electron chi connectivity index (χ2n) is 28.6. The molecule has 105 heavy (non-hydrogen) atoms. The summed E-state index contributed by atoms with van der Waals surface area (Å²) in [6, 6.07) is 0. The van der Waals surface area contributed by atoms with Gasteiger partial charge in [0.15, 0.2) is 40.8 Å². The predicted molar refractivity (Wildman–Crippen MR) is 445 cm³/mol. The summed E-state index contributed by atoms with van der Waals surface area (Å²) in [7, 11) is 0. The molecular formula is C87H186O18. The molecule has 6 rings (SSSR count). The average molecular weight is 1520 g/mol. The first-order valence-corrected chi connectivity index (χ1v) is 37.1. The lowest BCUT2D eigenvalue weighted by Gasteiger charge is -2.24. The second-order valence-corrected chi connectivity index (χ2v) is 28.6. The monoisotopic (exact) mass is 1520 g/mol. The van der Waals surface area contributed by atoms with Crippen LogP contribution in [0.5, 0.6) is 0 Å². The molecule has 0 aromatic rings. The maximum absolute atomic E-state index is 11.7. The highest BCUT2D eigenvalue weighted by Gasteiger charge is 2.30. The van der Waals surface area contributed by atoms with E-state index in [1.54, 1.807) is 0 Å². The summed E-state index contributed by atoms with van der Waals surface area (Å²) in [5.74, 6) is -0.961. The second kappa shape index (κ2) is 77.3. The molecule has 6 saturated carbocycles. The van der Waals surface area contributed by atoms with Crippen LogP contribution in [0.3, 0.4) is 0 Å². The van der Waals surface area contributed by atoms with Crippen molar-refractivity contribution in [2.24, 2.45) is 34.0 Å². The van der Waals surface area contributed by atoms with Gasteiger partial charge in [0.1, 0.15) is 0 Å². The van der Waals surface area contributed by atoms with Crippen molar-refractivity contribution in [3.63, 3.8) is 0 Å². The summed E-state index contributed by atoms with van der Waals surface area (Å²) in [5.41, 5.74) is -1.18. The van der Waals surface area contributed by atoms with E-state index in [-0.39, 0.29) is 195 Å². The molecule has 0 aromatic carbocycles. The van der Waals surface area contributed by atoms with Gasteiger partial charge in [0.05, 0.1) is 70.6 Å². The minimum atomic E-state index is -0.396. The van der Waals surface area contributed by atoms with Crippen molar-refractivity contribution in [1.82, 2.24) is 0 Å². The summed E-state index contributed by atoms with van der Waals surface area (Å²) in [5, 5.41) is 0. The molecule has 0 aliphatic heterocycles. The van der Waals surface area contributed by atoms with Crippen molar-refractivity contribution in [1.29, 1.82) is 0 Å². The minimum absolute atomic E-state index is 0. The first kappa shape index (κ1) is 128. The van der Waals surface area contributed by atoms with Gasteiger partial charge in [0.25, 0.3) is 0 Å². The van der Waals surface area contributed by atoms with Gasteiger partial charge in [0.2, 0.25) is 0 Å². The molecule has 642 valence electrons. The van der Waals surface area contributed by atoms with E-state index in [0.717, 1.165) is 116 Å². The Bertz CT molecular complexity index is 1900. The third-order valence-electron chi connectivity index (χ3n) is 19.7. The average Bonchev–Trinajstić information content (AvgIpc) is 1.52. The highest BCUT2D eigenvalue weighted by atomic mass is 16.7. The van der Waals surface area contributed by atoms with Crippen molar-refractivity contribution >= 4 is 35.8 Å². The first-order chi connectivity index (χ1) is 44.4. The molecule has 6 fully saturated rings. The van der Waals surface area contributed by atoms with Gasteiger partial charge in [-0.05, 0) is 157 Å². The van der Waals surface area contributed by atoms with Crippen molar-refractivity contribution in [3.05, 3.63) is 0 Å². The van der Waals surface area contributed by atoms with Crippen LogP contribution >= 0.6 is 0 Å². The standard InChI is InChI=1S/C14H26O3.2C13H24O3.2C12H22O3.C11H20O3.12CH4/c1-4-14(2,3)13(15)17-11-16-12-9-7-5-6-8-10-12;1-4-13(2,3)12(14)16-10-15-11-8-6-5-7-9-11;1-3-11(2)13(14)16-10-15-12-8-6-4-5-7-9-12;1-4-12(2,3)11(13)15-9-14-10-7-5-6-8-10;1-3-10(2)12(13)15-9-14-11-7-5-4-6-8-11;1-3-9(2)11(12)14-8-13-10-6-4-5-7-10;;;;;;;;;;;;/h12H,4-11H2,1-3H3;11H,4-10H2,1-3H3;11-12H,3-10H2,1-2H3;10H,4-9H2,1-3H3;10-11H,3-9H2,1-2H3;9-10H,3-8H2,1-2H3;12*1H4. The van der Waals surface area contributed by atoms with Gasteiger partial charge in [-0.2, -0.15) is 0 Å². The van der Waals surface area contributed by atoms with Gasteiger partial charge in [-0.25, -0.2) is 0 Å². The summed E-state index contributed by atoms with van der Waals surface area (Å²) in [6.07, 6.45) is 42.7. The Morgan fingerprint density at radius 1 is 0.248 bits per heavy atom. The molecule has 6 aliphatic carbocycles. The molecule has 18 heteroatoms. The molecular weight excluding hydrogens is 1330 g/mol. The van der Waals surface area contributed by atoms with E-state index in [1.807, 2.05) is 104 Å². The summed E-state index contributed by atoms with van der Waals surface area (Å²) < 4.78 is 63.7. The molecule has 0 saturated heterocycles. The van der Waals surface area contributed by atoms with E-state index in [1.165, 1.54) is 116 Å². The van der Waals surface area contributed by atoms with Gasteiger partial charge >= 0.3 is 35.8 Å². The van der Waals surface area contributed by atoms with Gasteiger partial charge < -0.3 is 56.8 Å². The van der Waals surface area contributed by atoms with E-state index >= 15 is 0 Å². The van der Waals surface area contributed by atoms with E-state index in [2.05, 4.69) is 0 Å². The van der Waals surface area contributed by atoms with Gasteiger partial charge in [-0.15, -0.1) is 0 Å². The Labute approximate surface area is 654 Å². The fourth-order valence-corrected chi connectivity index (χ4v) is 10.5. The predicted octanol–water partition coefficient (Wildman–Crippen LogP) is 26.1. The smallest absolute Gasteiger partial charge is 0.313 e. The fourth-order valence-electron chi connectivity index (χ4n) is 10.5. The third-order valence-corrected chi connectivity index (χ3v) is 19.7. The summed E-state index contributed by atoms with van der Waals surface area (Å²) >= 11 is 0. The molecule has 18 nitrogen and oxygen atoms in total. The number of ether oxygens (including phenoxy) is 12. The van der Waals surface area contributed by atoms with Crippen LogP contribution in [0.4, 0.5) is 0 Å². The first-order valence-electron chi connectivity index (χ1n) is 37.1. The Kier molecular flexibility index (Phi) is 94.3. The van der Waals surface area contributed by atoms with Crippen LogP contribution < -0.4 is 0 Å². The highest BCUT2D eigenvalue weighted by Crippen LogP contribution is 2.28. The Morgan fingerprint density at radius 2 is 0.381 bits per heavy atom. The van der Waals surface area contributed by atoms with Crippen molar-refractivity contribution in [2.45, 2.75) is 461 Å². The molecule has 6 aliphatic rings. The topological polar surface area (TPSA) is 213 Å². The van der Waals surface area contributed by atoms with Crippen molar-refractivity contribution in [2.75, 3.05) is 40.8 Å². The lowest BCUT2D eigenvalue weighted by molar-refractivity contribution is -0.173. The molecule has 0 heterocycles. The molecule has 0 amide bonds. The van der Waals surface area contributed by atoms with E-state index in [9.17, 15) is 28.8 Å². The number of esters is 6. The summed E-state index contributed by atoms with van der Waals surface area (Å²) in [4.78, 5) is 68.8. The zero-order valence-electron chi connectivity index (χ0n) is 61.7. The Morgan fingerprint density at radius 3 is 0.524 bits per heavy atom. The third kappa shape index (κ3) is 62.0. The normalized spacial score (nSPS) is 16.9. The summed E-state index contributed by atoms with van der Waals surface area (Å²) in [6.45, 7) is 29.7. The van der Waals surface area contributed by atoms with Gasteiger partial charge in [0, 0.05) is 0 Å². The van der Waals surface area contributed by atoms with Crippen LogP contribution in [0.25, 0.3) is 0 Å². The zero-order chi connectivity index (χ0) is 69.3. The Balaban J connectivity index is -0.0000000967. The van der Waals surface area contributed by atoms with E-state index in [4.69, 9.17) is 56.8 Å². The molecule has 0 spiro atoms. The van der Waals surface area contributed by atoms with Crippen LogP contribution in [0.15, 0.2) is 0 Å². The number of carbonyl (C=O) groups is 6. The molecule has 3 atom stereocenters. The van der Waals surface area contributed by atoms with Crippen LogP contribution in [0.2, 0.25) is 0 Å². The number of carbonyl (C=O) groups excluding carboxylic acids is 6.